The van der Waals surface area contributed by atoms with Crippen molar-refractivity contribution >= 4 is 0 Å². The second-order valence-corrected chi connectivity index (χ2v) is 6.71. The second kappa shape index (κ2) is 7.55. The molecule has 7 nitrogen and oxygen atoms in total. The van der Waals surface area contributed by atoms with Crippen molar-refractivity contribution in [3.63, 3.8) is 0 Å². The lowest BCUT2D eigenvalue weighted by atomic mass is 10.0. The Balaban J connectivity index is 1.41. The third-order valence-electron chi connectivity index (χ3n) is 4.95. The van der Waals surface area contributed by atoms with E-state index in [0.717, 1.165) is 48.7 Å². The number of methoxy groups -OCH3 is 1. The Hall–Kier alpha value is -2.25. The summed E-state index contributed by atoms with van der Waals surface area (Å²) in [4.78, 5) is 4.20. The highest BCUT2D eigenvalue weighted by Crippen LogP contribution is 2.40. The fourth-order valence-electron chi connectivity index (χ4n) is 3.56. The van der Waals surface area contributed by atoms with Crippen molar-refractivity contribution in [3.8, 4) is 17.2 Å². The van der Waals surface area contributed by atoms with Crippen molar-refractivity contribution in [3.05, 3.63) is 35.9 Å². The van der Waals surface area contributed by atoms with Gasteiger partial charge in [-0.05, 0) is 30.5 Å². The molecule has 0 bridgehead atoms. The van der Waals surface area contributed by atoms with Crippen LogP contribution in [0.1, 0.15) is 30.2 Å². The van der Waals surface area contributed by atoms with Crippen molar-refractivity contribution < 1.29 is 18.9 Å². The average Bonchev–Trinajstić information content (AvgIpc) is 3.12. The van der Waals surface area contributed by atoms with Crippen molar-refractivity contribution in [1.82, 2.24) is 14.9 Å². The molecule has 1 saturated heterocycles. The largest absolute Gasteiger partial charge is 0.493 e. The van der Waals surface area contributed by atoms with Crippen LogP contribution >= 0.6 is 0 Å². The molecule has 0 spiro atoms. The molecule has 0 amide bonds. The Morgan fingerprint density at radius 1 is 1.27 bits per heavy atom. The molecule has 0 radical (unpaired) electrons. The zero-order chi connectivity index (χ0) is 17.9. The van der Waals surface area contributed by atoms with Crippen molar-refractivity contribution in [2.45, 2.75) is 31.5 Å². The molecule has 1 N–H and O–H groups in total. The van der Waals surface area contributed by atoms with E-state index in [-0.39, 0.29) is 6.10 Å². The zero-order valence-electron chi connectivity index (χ0n) is 15.2. The number of rotatable bonds is 5. The van der Waals surface area contributed by atoms with Crippen LogP contribution in [0, 0.1) is 0 Å². The summed E-state index contributed by atoms with van der Waals surface area (Å²) in [5.74, 6) is 2.18. The third-order valence-corrected chi connectivity index (χ3v) is 4.95. The molecule has 2 aromatic rings. The van der Waals surface area contributed by atoms with Crippen LogP contribution in [0.3, 0.4) is 0 Å². The van der Waals surface area contributed by atoms with Crippen molar-refractivity contribution in [2.75, 3.05) is 26.9 Å². The summed E-state index contributed by atoms with van der Waals surface area (Å²) in [6, 6.07) is 4.43. The van der Waals surface area contributed by atoms with E-state index in [4.69, 9.17) is 18.9 Å². The summed E-state index contributed by atoms with van der Waals surface area (Å²) in [7, 11) is 3.66. The fourth-order valence-corrected chi connectivity index (χ4v) is 3.56. The molecule has 1 aromatic carbocycles. The third kappa shape index (κ3) is 3.50. The minimum absolute atomic E-state index is 0.0866. The molecule has 0 aliphatic carbocycles. The maximum absolute atomic E-state index is 5.94. The van der Waals surface area contributed by atoms with Gasteiger partial charge in [-0.2, -0.15) is 0 Å². The first kappa shape index (κ1) is 17.2. The van der Waals surface area contributed by atoms with E-state index in [9.17, 15) is 0 Å². The number of imidazole rings is 1. The summed E-state index contributed by atoms with van der Waals surface area (Å²) >= 11 is 0. The number of nitrogens with one attached hydrogen (secondary N) is 1. The van der Waals surface area contributed by atoms with Crippen LogP contribution in [-0.4, -0.2) is 42.5 Å². The lowest BCUT2D eigenvalue weighted by Gasteiger charge is -2.30. The predicted octanol–water partition coefficient (Wildman–Crippen LogP) is 2.21. The second-order valence-electron chi connectivity index (χ2n) is 6.71. The standard InChI is InChI=1S/C19H25N3O4/c1-22-12-20-11-15(22)16-9-14(3-4-24-16)21-10-13-7-17(23-2)19-18(8-13)25-5-6-26-19/h7-8,11-12,14,16,21H,3-6,9-10H2,1-2H3/t14-,16-/m0/s1. The number of hydrogen-bond acceptors (Lipinski definition) is 6. The molecule has 7 heteroatoms. The van der Waals surface area contributed by atoms with E-state index in [2.05, 4.69) is 10.3 Å². The van der Waals surface area contributed by atoms with Crippen LogP contribution in [0.2, 0.25) is 0 Å². The molecular formula is C19H25N3O4. The van der Waals surface area contributed by atoms with Gasteiger partial charge in [0.1, 0.15) is 19.3 Å². The van der Waals surface area contributed by atoms with Gasteiger partial charge in [0.05, 0.1) is 25.3 Å². The van der Waals surface area contributed by atoms with Gasteiger partial charge in [0.15, 0.2) is 11.5 Å². The normalized spacial score (nSPS) is 22.2. The van der Waals surface area contributed by atoms with Crippen LogP contribution in [0.4, 0.5) is 0 Å². The van der Waals surface area contributed by atoms with Crippen LogP contribution in [-0.2, 0) is 18.3 Å². The summed E-state index contributed by atoms with van der Waals surface area (Å²) in [5.41, 5.74) is 2.24. The first-order valence-corrected chi connectivity index (χ1v) is 9.02. The number of nitrogens with zero attached hydrogens (tertiary/aromatic N) is 2. The van der Waals surface area contributed by atoms with Gasteiger partial charge in [-0.1, -0.05) is 0 Å². The number of aromatic nitrogens is 2. The SMILES string of the molecule is COc1cc(CN[C@H]2CCO[C@H](c3cncn3C)C2)cc2c1OCCO2. The van der Waals surface area contributed by atoms with Gasteiger partial charge in [0.2, 0.25) is 5.75 Å². The highest BCUT2D eigenvalue weighted by atomic mass is 16.6. The van der Waals surface area contributed by atoms with Gasteiger partial charge in [0.25, 0.3) is 0 Å². The molecular weight excluding hydrogens is 334 g/mol. The fraction of sp³-hybridized carbons (Fsp3) is 0.526. The minimum atomic E-state index is 0.0866. The highest BCUT2D eigenvalue weighted by molar-refractivity contribution is 5.54. The summed E-state index contributed by atoms with van der Waals surface area (Å²) < 4.78 is 24.8. The topological polar surface area (TPSA) is 66.8 Å². The Morgan fingerprint density at radius 2 is 2.15 bits per heavy atom. The van der Waals surface area contributed by atoms with Gasteiger partial charge in [-0.25, -0.2) is 4.98 Å². The summed E-state index contributed by atoms with van der Waals surface area (Å²) in [6.07, 6.45) is 5.72. The van der Waals surface area contributed by atoms with Gasteiger partial charge < -0.3 is 28.8 Å². The molecule has 1 fully saturated rings. The number of benzene rings is 1. The molecule has 140 valence electrons. The maximum Gasteiger partial charge on any atom is 0.203 e. The lowest BCUT2D eigenvalue weighted by Crippen LogP contribution is -2.36. The van der Waals surface area contributed by atoms with Gasteiger partial charge in [0, 0.05) is 26.2 Å². The molecule has 0 saturated carbocycles. The molecule has 0 unspecified atom stereocenters. The van der Waals surface area contributed by atoms with E-state index in [1.807, 2.05) is 36.3 Å². The Kier molecular flexibility index (Phi) is 4.99. The Bertz CT molecular complexity index is 744. The smallest absolute Gasteiger partial charge is 0.203 e. The van der Waals surface area contributed by atoms with Gasteiger partial charge in [-0.15, -0.1) is 0 Å². The number of aryl methyl sites for hydroxylation is 1. The van der Waals surface area contributed by atoms with Crippen LogP contribution in [0.25, 0.3) is 0 Å². The van der Waals surface area contributed by atoms with E-state index < -0.39 is 0 Å². The predicted molar refractivity (Wildman–Crippen MR) is 95.7 cm³/mol. The molecule has 4 rings (SSSR count). The van der Waals surface area contributed by atoms with Crippen LogP contribution in [0.5, 0.6) is 17.2 Å². The molecule has 26 heavy (non-hydrogen) atoms. The Morgan fingerprint density at radius 3 is 2.96 bits per heavy atom. The monoisotopic (exact) mass is 359 g/mol. The minimum Gasteiger partial charge on any atom is -0.493 e. The molecule has 2 aliphatic rings. The van der Waals surface area contributed by atoms with Crippen LogP contribution < -0.4 is 19.5 Å². The molecule has 2 atom stereocenters. The van der Waals surface area contributed by atoms with Crippen molar-refractivity contribution in [1.29, 1.82) is 0 Å². The van der Waals surface area contributed by atoms with E-state index in [0.29, 0.717) is 25.0 Å². The summed E-state index contributed by atoms with van der Waals surface area (Å²) in [6.45, 7) is 2.62. The number of fused-ring (bicyclic) bond motifs is 1. The zero-order valence-corrected chi connectivity index (χ0v) is 15.2. The van der Waals surface area contributed by atoms with Crippen LogP contribution in [0.15, 0.2) is 24.7 Å². The van der Waals surface area contributed by atoms with Crippen molar-refractivity contribution in [2.24, 2.45) is 7.05 Å². The number of ether oxygens (including phenoxy) is 4. The molecule has 3 heterocycles. The first-order valence-electron chi connectivity index (χ1n) is 9.02. The van der Waals surface area contributed by atoms with E-state index in [1.165, 1.54) is 0 Å². The molecule has 2 aliphatic heterocycles. The Labute approximate surface area is 153 Å². The van der Waals surface area contributed by atoms with E-state index in [1.54, 1.807) is 7.11 Å². The van der Waals surface area contributed by atoms with E-state index >= 15 is 0 Å². The first-order chi connectivity index (χ1) is 12.7. The highest BCUT2D eigenvalue weighted by Gasteiger charge is 2.26. The maximum atomic E-state index is 5.94. The molecule has 1 aromatic heterocycles. The number of hydrogen-bond donors (Lipinski definition) is 1. The average molecular weight is 359 g/mol. The van der Waals surface area contributed by atoms with Gasteiger partial charge >= 0.3 is 0 Å². The lowest BCUT2D eigenvalue weighted by molar-refractivity contribution is -0.00405. The quantitative estimate of drug-likeness (QED) is 0.883. The summed E-state index contributed by atoms with van der Waals surface area (Å²) in [5, 5.41) is 3.65. The van der Waals surface area contributed by atoms with Gasteiger partial charge in [-0.3, -0.25) is 0 Å².